The van der Waals surface area contributed by atoms with E-state index in [1.807, 2.05) is 6.07 Å². The predicted octanol–water partition coefficient (Wildman–Crippen LogP) is 3.78. The number of aliphatic hydroxyl groups excluding tert-OH is 1. The molecule has 1 N–H and O–H groups in total. The Balaban J connectivity index is 1.73. The zero-order valence-corrected chi connectivity index (χ0v) is 11.4. The number of rotatable bonds is 5. The van der Waals surface area contributed by atoms with Crippen LogP contribution in [0.2, 0.25) is 0 Å². The Hall–Kier alpha value is -1.94. The van der Waals surface area contributed by atoms with E-state index in [2.05, 4.69) is 0 Å². The molecular weight excluding hydrogens is 274 g/mol. The molecule has 0 aromatic heterocycles. The largest absolute Gasteiger partial charge is 0.490 e. The molecule has 110 valence electrons. The minimum absolute atomic E-state index is 0.0962. The van der Waals surface area contributed by atoms with E-state index in [0.717, 1.165) is 18.9 Å². The number of halogens is 2. The molecule has 1 unspecified atom stereocenters. The molecule has 0 aliphatic heterocycles. The van der Waals surface area contributed by atoms with Gasteiger partial charge in [0.2, 0.25) is 0 Å². The van der Waals surface area contributed by atoms with Crippen LogP contribution in [0.3, 0.4) is 0 Å². The Morgan fingerprint density at radius 3 is 2.67 bits per heavy atom. The van der Waals surface area contributed by atoms with E-state index in [9.17, 15) is 13.9 Å². The second-order valence-electron chi connectivity index (χ2n) is 5.35. The average molecular weight is 290 g/mol. The Labute approximate surface area is 122 Å². The highest BCUT2D eigenvalue weighted by Crippen LogP contribution is 2.29. The maximum absolute atomic E-state index is 13.6. The van der Waals surface area contributed by atoms with Crippen molar-refractivity contribution in [1.29, 1.82) is 0 Å². The highest BCUT2D eigenvalue weighted by atomic mass is 19.1. The van der Waals surface area contributed by atoms with Crippen molar-refractivity contribution in [3.05, 3.63) is 65.2 Å². The smallest absolute Gasteiger partial charge is 0.129 e. The first kappa shape index (κ1) is 14.0. The molecule has 0 radical (unpaired) electrons. The number of benzene rings is 2. The molecule has 1 atom stereocenters. The fraction of sp³-hybridized carbons (Fsp3) is 0.294. The summed E-state index contributed by atoms with van der Waals surface area (Å²) in [5, 5.41) is 10.2. The summed E-state index contributed by atoms with van der Waals surface area (Å²) >= 11 is 0. The van der Waals surface area contributed by atoms with Crippen molar-refractivity contribution in [1.82, 2.24) is 0 Å². The lowest BCUT2D eigenvalue weighted by molar-refractivity contribution is 0.176. The van der Waals surface area contributed by atoms with E-state index >= 15 is 0 Å². The van der Waals surface area contributed by atoms with Gasteiger partial charge >= 0.3 is 0 Å². The van der Waals surface area contributed by atoms with Gasteiger partial charge in [0.05, 0.1) is 12.2 Å². The molecule has 0 heterocycles. The summed E-state index contributed by atoms with van der Waals surface area (Å²) in [4.78, 5) is 0. The first-order valence-electron chi connectivity index (χ1n) is 7.00. The van der Waals surface area contributed by atoms with Crippen LogP contribution in [0.15, 0.2) is 42.5 Å². The van der Waals surface area contributed by atoms with Crippen molar-refractivity contribution < 1.29 is 18.6 Å². The van der Waals surface area contributed by atoms with Crippen molar-refractivity contribution in [3.63, 3.8) is 0 Å². The standard InChI is InChI=1S/C17H16F2O2/c18-13-5-4-11(16(19)10-13)9-17(20)12-2-1-3-15(8-12)21-14-6-7-14/h1-5,8,10,14,17,20H,6-7,9H2. The number of hydrogen-bond donors (Lipinski definition) is 1. The van der Waals surface area contributed by atoms with Crippen LogP contribution < -0.4 is 4.74 Å². The summed E-state index contributed by atoms with van der Waals surface area (Å²) in [5.41, 5.74) is 0.953. The van der Waals surface area contributed by atoms with E-state index in [-0.39, 0.29) is 18.1 Å². The third-order valence-corrected chi connectivity index (χ3v) is 3.50. The van der Waals surface area contributed by atoms with E-state index in [1.165, 1.54) is 12.1 Å². The zero-order valence-electron chi connectivity index (χ0n) is 11.4. The molecule has 0 saturated heterocycles. The minimum atomic E-state index is -0.854. The monoisotopic (exact) mass is 290 g/mol. The highest BCUT2D eigenvalue weighted by Gasteiger charge is 2.23. The van der Waals surface area contributed by atoms with E-state index in [1.54, 1.807) is 18.2 Å². The van der Waals surface area contributed by atoms with Gasteiger partial charge in [0.1, 0.15) is 17.4 Å². The lowest BCUT2D eigenvalue weighted by Gasteiger charge is -2.13. The predicted molar refractivity (Wildman–Crippen MR) is 75.1 cm³/mol. The van der Waals surface area contributed by atoms with Gasteiger partial charge in [0.15, 0.2) is 0 Å². The van der Waals surface area contributed by atoms with Gasteiger partial charge in [-0.1, -0.05) is 18.2 Å². The number of ether oxygens (including phenoxy) is 1. The fourth-order valence-electron chi connectivity index (χ4n) is 2.19. The number of aliphatic hydroxyl groups is 1. The van der Waals surface area contributed by atoms with Gasteiger partial charge < -0.3 is 9.84 Å². The van der Waals surface area contributed by atoms with Crippen molar-refractivity contribution >= 4 is 0 Å². The van der Waals surface area contributed by atoms with Crippen molar-refractivity contribution in [2.45, 2.75) is 31.5 Å². The maximum atomic E-state index is 13.6. The molecule has 2 aromatic rings. The normalized spacial score (nSPS) is 15.8. The van der Waals surface area contributed by atoms with E-state index in [4.69, 9.17) is 4.74 Å². The molecular formula is C17H16F2O2. The summed E-state index contributed by atoms with van der Waals surface area (Å²) in [5.74, 6) is -0.543. The average Bonchev–Trinajstić information content (AvgIpc) is 3.26. The molecule has 4 heteroatoms. The van der Waals surface area contributed by atoms with Crippen LogP contribution in [0.4, 0.5) is 8.78 Å². The minimum Gasteiger partial charge on any atom is -0.490 e. The Bertz CT molecular complexity index is 638. The van der Waals surface area contributed by atoms with Gasteiger partial charge in [-0.25, -0.2) is 8.78 Å². The molecule has 0 bridgehead atoms. The molecule has 1 fully saturated rings. The zero-order chi connectivity index (χ0) is 14.8. The Morgan fingerprint density at radius 2 is 1.95 bits per heavy atom. The highest BCUT2D eigenvalue weighted by molar-refractivity contribution is 5.31. The van der Waals surface area contributed by atoms with Gasteiger partial charge in [-0.3, -0.25) is 0 Å². The summed E-state index contributed by atoms with van der Waals surface area (Å²) in [6.07, 6.45) is 1.65. The topological polar surface area (TPSA) is 29.5 Å². The number of hydrogen-bond acceptors (Lipinski definition) is 2. The third-order valence-electron chi connectivity index (χ3n) is 3.50. The third kappa shape index (κ3) is 3.58. The molecule has 0 amide bonds. The van der Waals surface area contributed by atoms with Crippen molar-refractivity contribution in [3.8, 4) is 5.75 Å². The summed E-state index contributed by atoms with van der Waals surface area (Å²) in [7, 11) is 0. The fourth-order valence-corrected chi connectivity index (χ4v) is 2.19. The van der Waals surface area contributed by atoms with Crippen LogP contribution in [0.25, 0.3) is 0 Å². The quantitative estimate of drug-likeness (QED) is 0.908. The summed E-state index contributed by atoms with van der Waals surface area (Å²) in [6, 6.07) is 10.6. The van der Waals surface area contributed by atoms with Crippen LogP contribution in [0.5, 0.6) is 5.75 Å². The molecule has 2 nitrogen and oxygen atoms in total. The van der Waals surface area contributed by atoms with Crippen LogP contribution >= 0.6 is 0 Å². The van der Waals surface area contributed by atoms with Gasteiger partial charge in [-0.05, 0) is 42.2 Å². The Kier molecular flexibility index (Phi) is 3.88. The van der Waals surface area contributed by atoms with E-state index < -0.39 is 17.7 Å². The van der Waals surface area contributed by atoms with Crippen molar-refractivity contribution in [2.75, 3.05) is 0 Å². The molecule has 21 heavy (non-hydrogen) atoms. The molecule has 1 aliphatic rings. The van der Waals surface area contributed by atoms with Crippen LogP contribution in [0.1, 0.15) is 30.1 Å². The van der Waals surface area contributed by atoms with Gasteiger partial charge in [-0.15, -0.1) is 0 Å². The second-order valence-corrected chi connectivity index (χ2v) is 5.35. The van der Waals surface area contributed by atoms with Crippen LogP contribution in [-0.4, -0.2) is 11.2 Å². The van der Waals surface area contributed by atoms with Gasteiger partial charge in [0, 0.05) is 12.5 Å². The van der Waals surface area contributed by atoms with Crippen LogP contribution in [-0.2, 0) is 6.42 Å². The molecule has 0 spiro atoms. The maximum Gasteiger partial charge on any atom is 0.129 e. The van der Waals surface area contributed by atoms with E-state index in [0.29, 0.717) is 11.3 Å². The SMILES string of the molecule is OC(Cc1ccc(F)cc1F)c1cccc(OC2CC2)c1. The first-order chi connectivity index (χ1) is 10.1. The summed E-state index contributed by atoms with van der Waals surface area (Å²) < 4.78 is 32.2. The first-order valence-corrected chi connectivity index (χ1v) is 7.00. The molecule has 3 rings (SSSR count). The van der Waals surface area contributed by atoms with Gasteiger partial charge in [0.25, 0.3) is 0 Å². The van der Waals surface area contributed by atoms with Crippen LogP contribution in [0, 0.1) is 11.6 Å². The molecule has 1 aliphatic carbocycles. The lowest BCUT2D eigenvalue weighted by Crippen LogP contribution is -2.05. The van der Waals surface area contributed by atoms with Gasteiger partial charge in [-0.2, -0.15) is 0 Å². The molecule has 2 aromatic carbocycles. The lowest BCUT2D eigenvalue weighted by atomic mass is 10.0. The second kappa shape index (κ2) is 5.82. The van der Waals surface area contributed by atoms with Crippen molar-refractivity contribution in [2.24, 2.45) is 0 Å². The Morgan fingerprint density at radius 1 is 1.14 bits per heavy atom. The summed E-state index contributed by atoms with van der Waals surface area (Å²) in [6.45, 7) is 0. The molecule has 1 saturated carbocycles.